The van der Waals surface area contributed by atoms with Crippen molar-refractivity contribution in [2.75, 3.05) is 33.3 Å². The van der Waals surface area contributed by atoms with Crippen molar-refractivity contribution in [1.82, 2.24) is 20.1 Å². The number of carbonyl (C=O) groups excluding carboxylic acids is 3. The first-order chi connectivity index (χ1) is 20.9. The fraction of sp³-hybridized carbons (Fsp3) is 0.500. The molecule has 4 aliphatic rings. The van der Waals surface area contributed by atoms with Crippen molar-refractivity contribution in [2.24, 2.45) is 9.98 Å². The van der Waals surface area contributed by atoms with E-state index < -0.39 is 17.5 Å². The second-order valence-corrected chi connectivity index (χ2v) is 11.8. The fourth-order valence-electron chi connectivity index (χ4n) is 7.10. The van der Waals surface area contributed by atoms with E-state index >= 15 is 0 Å². The minimum atomic E-state index is -0.946. The zero-order valence-corrected chi connectivity index (χ0v) is 24.4. The first-order valence-electron chi connectivity index (χ1n) is 15.1. The average molecular weight is 587 g/mol. The molecule has 1 saturated carbocycles. The predicted octanol–water partition coefficient (Wildman–Crippen LogP) is 2.32. The first kappa shape index (κ1) is 29.1. The Morgan fingerprint density at radius 3 is 2.56 bits per heavy atom. The lowest BCUT2D eigenvalue weighted by molar-refractivity contribution is -0.130. The molecule has 2 saturated heterocycles. The van der Waals surface area contributed by atoms with E-state index in [1.54, 1.807) is 24.4 Å². The molecular weight excluding hydrogens is 548 g/mol. The van der Waals surface area contributed by atoms with Crippen molar-refractivity contribution in [3.05, 3.63) is 65.0 Å². The summed E-state index contributed by atoms with van der Waals surface area (Å²) in [5.74, 6) is -0.322. The SMILES string of the molecule is COC(=O)c1cccc(C(=O)NCC(=O)N2CCC3C2CCN3C2CCC(O)(c3ccc(C4=NCCC=N4)cn3)CC2)c1. The van der Waals surface area contributed by atoms with Gasteiger partial charge in [0.15, 0.2) is 5.84 Å². The highest BCUT2D eigenvalue weighted by Gasteiger charge is 2.48. The van der Waals surface area contributed by atoms with Crippen molar-refractivity contribution >= 4 is 29.8 Å². The lowest BCUT2D eigenvalue weighted by atomic mass is 9.79. The van der Waals surface area contributed by atoms with Gasteiger partial charge in [0.25, 0.3) is 5.91 Å². The highest BCUT2D eigenvalue weighted by Crippen LogP contribution is 2.42. The predicted molar refractivity (Wildman–Crippen MR) is 160 cm³/mol. The molecule has 0 radical (unpaired) electrons. The van der Waals surface area contributed by atoms with Gasteiger partial charge in [-0.05, 0) is 68.9 Å². The van der Waals surface area contributed by atoms with Crippen molar-refractivity contribution < 1.29 is 24.2 Å². The number of rotatable bonds is 7. The van der Waals surface area contributed by atoms with Crippen molar-refractivity contribution in [3.8, 4) is 0 Å². The fourth-order valence-corrected chi connectivity index (χ4v) is 7.10. The zero-order valence-electron chi connectivity index (χ0n) is 24.4. The van der Waals surface area contributed by atoms with E-state index in [1.165, 1.54) is 13.2 Å². The number of esters is 1. The second-order valence-electron chi connectivity index (χ2n) is 11.8. The molecule has 226 valence electrons. The molecule has 2 aromatic rings. The number of methoxy groups -OCH3 is 1. The molecule has 2 atom stereocenters. The minimum absolute atomic E-state index is 0.0908. The molecule has 3 fully saturated rings. The number of amidine groups is 1. The third-order valence-corrected chi connectivity index (χ3v) is 9.37. The maximum Gasteiger partial charge on any atom is 0.337 e. The van der Waals surface area contributed by atoms with E-state index in [0.717, 1.165) is 50.8 Å². The number of aliphatic hydroxyl groups is 1. The van der Waals surface area contributed by atoms with Gasteiger partial charge in [-0.1, -0.05) is 6.07 Å². The van der Waals surface area contributed by atoms with Crippen LogP contribution in [0.4, 0.5) is 0 Å². The summed E-state index contributed by atoms with van der Waals surface area (Å²) < 4.78 is 4.72. The smallest absolute Gasteiger partial charge is 0.337 e. The third kappa shape index (κ3) is 5.96. The van der Waals surface area contributed by atoms with Crippen molar-refractivity contribution in [1.29, 1.82) is 0 Å². The molecule has 0 spiro atoms. The Kier molecular flexibility index (Phi) is 8.36. The van der Waals surface area contributed by atoms with Crippen LogP contribution in [0.25, 0.3) is 0 Å². The Bertz CT molecular complexity index is 1430. The summed E-state index contributed by atoms with van der Waals surface area (Å²) in [6, 6.07) is 10.9. The number of aromatic nitrogens is 1. The Morgan fingerprint density at radius 1 is 1.05 bits per heavy atom. The van der Waals surface area contributed by atoms with Gasteiger partial charge >= 0.3 is 5.97 Å². The van der Waals surface area contributed by atoms with Crippen LogP contribution in [0.15, 0.2) is 52.6 Å². The number of hydrogen-bond acceptors (Lipinski definition) is 9. The normalized spacial score (nSPS) is 27.0. The van der Waals surface area contributed by atoms with Crippen molar-refractivity contribution in [3.63, 3.8) is 0 Å². The quantitative estimate of drug-likeness (QED) is 0.475. The molecule has 11 nitrogen and oxygen atoms in total. The molecule has 43 heavy (non-hydrogen) atoms. The monoisotopic (exact) mass is 586 g/mol. The van der Waals surface area contributed by atoms with E-state index in [-0.39, 0.29) is 24.1 Å². The number of nitrogens with zero attached hydrogens (tertiary/aromatic N) is 5. The van der Waals surface area contributed by atoms with Crippen LogP contribution in [0.5, 0.6) is 0 Å². The summed E-state index contributed by atoms with van der Waals surface area (Å²) in [4.78, 5) is 55.5. The first-order valence-corrected chi connectivity index (χ1v) is 15.1. The molecular formula is C32H38N6O5. The van der Waals surface area contributed by atoms with Crippen LogP contribution in [-0.2, 0) is 15.1 Å². The van der Waals surface area contributed by atoms with Gasteiger partial charge < -0.3 is 20.1 Å². The molecule has 4 heterocycles. The molecule has 6 rings (SSSR count). The summed E-state index contributed by atoms with van der Waals surface area (Å²) in [5.41, 5.74) is 1.21. The van der Waals surface area contributed by atoms with Gasteiger partial charge in [0.1, 0.15) is 5.60 Å². The van der Waals surface area contributed by atoms with Crippen LogP contribution in [0.2, 0.25) is 0 Å². The van der Waals surface area contributed by atoms with Crippen LogP contribution in [0.1, 0.15) is 76.9 Å². The van der Waals surface area contributed by atoms with Crippen LogP contribution >= 0.6 is 0 Å². The molecule has 1 aromatic heterocycles. The van der Waals surface area contributed by atoms with Gasteiger partial charge in [0.2, 0.25) is 5.91 Å². The van der Waals surface area contributed by atoms with Gasteiger partial charge in [-0.25, -0.2) is 9.79 Å². The Morgan fingerprint density at radius 2 is 1.84 bits per heavy atom. The number of aliphatic imine (C=N–C) groups is 2. The van der Waals surface area contributed by atoms with Crippen LogP contribution in [-0.4, -0.2) is 101 Å². The van der Waals surface area contributed by atoms with Gasteiger partial charge in [0, 0.05) is 67.7 Å². The van der Waals surface area contributed by atoms with Gasteiger partial charge in [-0.2, -0.15) is 0 Å². The molecule has 2 N–H and O–H groups in total. The minimum Gasteiger partial charge on any atom is -0.465 e. The van der Waals surface area contributed by atoms with E-state index in [1.807, 2.05) is 23.2 Å². The number of carbonyl (C=O) groups is 3. The summed E-state index contributed by atoms with van der Waals surface area (Å²) >= 11 is 0. The zero-order chi connectivity index (χ0) is 30.0. The molecule has 1 aliphatic carbocycles. The number of hydrogen-bond donors (Lipinski definition) is 2. The van der Waals surface area contributed by atoms with Gasteiger partial charge in [0.05, 0.1) is 24.9 Å². The summed E-state index contributed by atoms with van der Waals surface area (Å²) in [6.07, 6.45) is 9.33. The highest BCUT2D eigenvalue weighted by atomic mass is 16.5. The van der Waals surface area contributed by atoms with Crippen LogP contribution in [0.3, 0.4) is 0 Å². The van der Waals surface area contributed by atoms with Gasteiger partial charge in [-0.15, -0.1) is 0 Å². The lowest BCUT2D eigenvalue weighted by Crippen LogP contribution is -2.47. The number of pyridine rings is 1. The Labute approximate surface area is 251 Å². The average Bonchev–Trinajstić information content (AvgIpc) is 3.67. The summed E-state index contributed by atoms with van der Waals surface area (Å²) in [6.45, 7) is 2.24. The largest absolute Gasteiger partial charge is 0.465 e. The third-order valence-electron chi connectivity index (χ3n) is 9.37. The summed E-state index contributed by atoms with van der Waals surface area (Å²) in [7, 11) is 1.29. The Balaban J connectivity index is 1.01. The Hall–Kier alpha value is -3.96. The molecule has 2 unspecified atom stereocenters. The number of amides is 2. The number of nitrogens with one attached hydrogen (secondary N) is 1. The van der Waals surface area contributed by atoms with Crippen molar-refractivity contribution in [2.45, 2.75) is 68.7 Å². The molecule has 3 aliphatic heterocycles. The summed E-state index contributed by atoms with van der Waals surface area (Å²) in [5, 5.41) is 14.2. The second kappa shape index (κ2) is 12.3. The topological polar surface area (TPSA) is 137 Å². The van der Waals surface area contributed by atoms with Crippen LogP contribution < -0.4 is 5.32 Å². The number of fused-ring (bicyclic) bond motifs is 1. The molecule has 11 heteroatoms. The standard InChI is InChI=1S/C32H38N6O5/c1-43-31(41)22-5-2-4-21(18-22)30(40)36-20-28(39)38-17-11-25-26(38)10-16-37(25)24-8-12-32(42,13-9-24)27-7-6-23(19-35-27)29-33-14-3-15-34-29/h2,4-7,14,18-19,24-26,42H,3,8-13,15-17,20H2,1H3,(H,36,40). The van der Waals surface area contributed by atoms with E-state index in [2.05, 4.69) is 25.2 Å². The molecule has 1 aromatic carbocycles. The van der Waals surface area contributed by atoms with E-state index in [0.29, 0.717) is 48.6 Å². The molecule has 2 amide bonds. The maximum atomic E-state index is 13.2. The number of likely N-dealkylation sites (tertiary alicyclic amines) is 2. The highest BCUT2D eigenvalue weighted by molar-refractivity contribution is 6.03. The van der Waals surface area contributed by atoms with Crippen LogP contribution in [0, 0.1) is 0 Å². The number of benzene rings is 1. The lowest BCUT2D eigenvalue weighted by Gasteiger charge is -2.41. The maximum absolute atomic E-state index is 13.2. The number of ether oxygens (including phenoxy) is 1. The van der Waals surface area contributed by atoms with Gasteiger partial charge in [-0.3, -0.25) is 24.5 Å². The van der Waals surface area contributed by atoms with E-state index in [4.69, 9.17) is 4.74 Å². The molecule has 0 bridgehead atoms. The van der Waals surface area contributed by atoms with E-state index in [9.17, 15) is 19.5 Å².